The van der Waals surface area contributed by atoms with Crippen LogP contribution in [-0.2, 0) is 14.3 Å². The number of carbonyl (C=O) groups is 2. The van der Waals surface area contributed by atoms with Gasteiger partial charge in [0.15, 0.2) is 0 Å². The summed E-state index contributed by atoms with van der Waals surface area (Å²) in [5.41, 5.74) is 0.861. The summed E-state index contributed by atoms with van der Waals surface area (Å²) in [5.74, 6) is 5.74. The van der Waals surface area contributed by atoms with Gasteiger partial charge in [-0.25, -0.2) is 0 Å². The molecular weight excluding hydrogens is 354 g/mol. The van der Waals surface area contributed by atoms with E-state index < -0.39 is 6.10 Å². The van der Waals surface area contributed by atoms with Gasteiger partial charge in [0, 0.05) is 24.9 Å². The number of hydrogen-bond donors (Lipinski definition) is 1. The van der Waals surface area contributed by atoms with Gasteiger partial charge in [-0.05, 0) is 37.5 Å². The molecule has 1 N–H and O–H groups in total. The molecule has 5 nitrogen and oxygen atoms in total. The van der Waals surface area contributed by atoms with Crippen LogP contribution in [0.4, 0.5) is 0 Å². The number of unbranched alkanes of at least 4 members (excludes halogenated alkanes) is 3. The van der Waals surface area contributed by atoms with E-state index in [-0.39, 0.29) is 17.9 Å². The highest BCUT2D eigenvalue weighted by Gasteiger charge is 2.28. The normalized spacial score (nSPS) is 17.4. The van der Waals surface area contributed by atoms with E-state index in [1.807, 2.05) is 41.3 Å². The molecule has 1 fully saturated rings. The van der Waals surface area contributed by atoms with Crippen molar-refractivity contribution in [2.24, 2.45) is 0 Å². The first-order valence-corrected chi connectivity index (χ1v) is 9.89. The van der Waals surface area contributed by atoms with Crippen molar-refractivity contribution in [1.29, 1.82) is 0 Å². The van der Waals surface area contributed by atoms with Crippen molar-refractivity contribution in [2.75, 3.05) is 13.7 Å². The summed E-state index contributed by atoms with van der Waals surface area (Å²) in [6.45, 7) is 0.706. The first kappa shape index (κ1) is 21.7. The number of benzene rings is 1. The van der Waals surface area contributed by atoms with Gasteiger partial charge < -0.3 is 14.7 Å². The molecule has 1 saturated heterocycles. The van der Waals surface area contributed by atoms with Gasteiger partial charge in [-0.1, -0.05) is 49.0 Å². The summed E-state index contributed by atoms with van der Waals surface area (Å²) >= 11 is 0. The average Bonchev–Trinajstić information content (AvgIpc) is 3.07. The molecular formula is C23H29NO4. The number of likely N-dealkylation sites (tertiary alicyclic amines) is 1. The van der Waals surface area contributed by atoms with Gasteiger partial charge in [0.25, 0.3) is 0 Å². The van der Waals surface area contributed by atoms with Crippen molar-refractivity contribution in [2.45, 2.75) is 57.1 Å². The third-order valence-electron chi connectivity index (χ3n) is 4.79. The second kappa shape index (κ2) is 12.0. The van der Waals surface area contributed by atoms with Crippen molar-refractivity contribution in [3.8, 4) is 11.8 Å². The van der Waals surface area contributed by atoms with Crippen LogP contribution in [0.2, 0.25) is 0 Å². The largest absolute Gasteiger partial charge is 0.469 e. The zero-order valence-corrected chi connectivity index (χ0v) is 16.5. The van der Waals surface area contributed by atoms with Crippen molar-refractivity contribution < 1.29 is 19.4 Å². The van der Waals surface area contributed by atoms with E-state index >= 15 is 0 Å². The fraction of sp³-hybridized carbons (Fsp3) is 0.478. The van der Waals surface area contributed by atoms with Crippen LogP contribution in [0.1, 0.15) is 50.5 Å². The average molecular weight is 383 g/mol. The number of nitrogens with zero attached hydrogens (tertiary/aromatic N) is 1. The first-order valence-electron chi connectivity index (χ1n) is 9.89. The van der Waals surface area contributed by atoms with Gasteiger partial charge in [0.05, 0.1) is 13.2 Å². The molecule has 1 amide bonds. The van der Waals surface area contributed by atoms with E-state index in [4.69, 9.17) is 0 Å². The molecule has 5 heteroatoms. The molecule has 0 bridgehead atoms. The highest BCUT2D eigenvalue weighted by molar-refractivity contribution is 5.79. The maximum Gasteiger partial charge on any atom is 0.305 e. The molecule has 1 aromatic carbocycles. The second-order valence-corrected chi connectivity index (χ2v) is 6.90. The van der Waals surface area contributed by atoms with Crippen molar-refractivity contribution in [3.63, 3.8) is 0 Å². The minimum atomic E-state index is -0.851. The number of rotatable bonds is 9. The van der Waals surface area contributed by atoms with Crippen LogP contribution in [0.3, 0.4) is 0 Å². The molecule has 1 heterocycles. The maximum atomic E-state index is 12.1. The van der Waals surface area contributed by atoms with Crippen LogP contribution in [-0.4, -0.2) is 47.7 Å². The lowest BCUT2D eigenvalue weighted by molar-refractivity contribution is -0.140. The first-order chi connectivity index (χ1) is 13.6. The molecule has 150 valence electrons. The summed E-state index contributed by atoms with van der Waals surface area (Å²) in [5, 5.41) is 10.1. The zero-order chi connectivity index (χ0) is 20.2. The molecule has 0 radical (unpaired) electrons. The molecule has 1 aliphatic rings. The third-order valence-corrected chi connectivity index (χ3v) is 4.79. The van der Waals surface area contributed by atoms with E-state index in [2.05, 4.69) is 16.6 Å². The van der Waals surface area contributed by atoms with Gasteiger partial charge in [-0.3, -0.25) is 9.59 Å². The van der Waals surface area contributed by atoms with Crippen LogP contribution < -0.4 is 0 Å². The Morgan fingerprint density at radius 2 is 2.04 bits per heavy atom. The van der Waals surface area contributed by atoms with Crippen LogP contribution in [0, 0.1) is 11.8 Å². The molecule has 0 saturated carbocycles. The quantitative estimate of drug-likeness (QED) is 0.308. The number of esters is 1. The molecule has 0 aliphatic carbocycles. The van der Waals surface area contributed by atoms with E-state index in [9.17, 15) is 14.7 Å². The van der Waals surface area contributed by atoms with E-state index in [0.29, 0.717) is 19.4 Å². The summed E-state index contributed by atoms with van der Waals surface area (Å²) in [6, 6.07) is 9.55. The van der Waals surface area contributed by atoms with Crippen molar-refractivity contribution in [3.05, 3.63) is 48.0 Å². The number of amides is 1. The lowest BCUT2D eigenvalue weighted by Crippen LogP contribution is -2.32. The summed E-state index contributed by atoms with van der Waals surface area (Å²) in [6.07, 6.45) is 8.13. The Bertz CT molecular complexity index is 717. The highest BCUT2D eigenvalue weighted by atomic mass is 16.5. The monoisotopic (exact) mass is 383 g/mol. The fourth-order valence-electron chi connectivity index (χ4n) is 3.21. The fourth-order valence-corrected chi connectivity index (χ4v) is 3.21. The van der Waals surface area contributed by atoms with Gasteiger partial charge in [0.1, 0.15) is 6.10 Å². The molecule has 1 aliphatic heterocycles. The number of ether oxygens (including phenoxy) is 1. The van der Waals surface area contributed by atoms with Crippen molar-refractivity contribution in [1.82, 2.24) is 4.90 Å². The Balaban J connectivity index is 1.75. The maximum absolute atomic E-state index is 12.1. The smallest absolute Gasteiger partial charge is 0.305 e. The third kappa shape index (κ3) is 7.58. The predicted molar refractivity (Wildman–Crippen MR) is 108 cm³/mol. The number of carbonyl (C=O) groups excluding carboxylic acids is 2. The standard InChI is InChI=1S/C23H29NO4/c1-28-23(27)11-7-2-3-8-18-24-20(14-17-22(24)26)13-16-21(25)15-12-19-9-5-4-6-10-19/h4-6,9-10,13,16,20-21,25H,2-3,7-8,11,14,17-18H2,1H3/b16-13+/t20-,21+/m0/s1. The topological polar surface area (TPSA) is 66.8 Å². The lowest BCUT2D eigenvalue weighted by atomic mass is 10.1. The zero-order valence-electron chi connectivity index (χ0n) is 16.5. The Kier molecular flexibility index (Phi) is 9.30. The van der Waals surface area contributed by atoms with Gasteiger partial charge in [0.2, 0.25) is 5.91 Å². The van der Waals surface area contributed by atoms with Crippen LogP contribution in [0.5, 0.6) is 0 Å². The molecule has 0 spiro atoms. The molecule has 1 aromatic rings. The number of hydrogen-bond acceptors (Lipinski definition) is 4. The van der Waals surface area contributed by atoms with Gasteiger partial charge in [-0.2, -0.15) is 0 Å². The lowest BCUT2D eigenvalue weighted by Gasteiger charge is -2.22. The number of aliphatic hydroxyl groups is 1. The van der Waals surface area contributed by atoms with Crippen LogP contribution >= 0.6 is 0 Å². The minimum Gasteiger partial charge on any atom is -0.469 e. The van der Waals surface area contributed by atoms with E-state index in [1.165, 1.54) is 7.11 Å². The molecule has 28 heavy (non-hydrogen) atoms. The predicted octanol–water partition coefficient (Wildman–Crippen LogP) is 3.07. The van der Waals surface area contributed by atoms with Gasteiger partial charge >= 0.3 is 5.97 Å². The Morgan fingerprint density at radius 3 is 2.79 bits per heavy atom. The van der Waals surface area contributed by atoms with Crippen LogP contribution in [0.15, 0.2) is 42.5 Å². The number of aliphatic hydroxyl groups excluding tert-OH is 1. The highest BCUT2D eigenvalue weighted by Crippen LogP contribution is 2.21. The van der Waals surface area contributed by atoms with E-state index in [1.54, 1.807) is 6.08 Å². The summed E-state index contributed by atoms with van der Waals surface area (Å²) in [4.78, 5) is 25.1. The summed E-state index contributed by atoms with van der Waals surface area (Å²) < 4.78 is 4.63. The molecule has 0 aromatic heterocycles. The molecule has 0 unspecified atom stereocenters. The molecule has 2 atom stereocenters. The SMILES string of the molecule is COC(=O)CCCCCCN1C(=O)CC[C@@H]1/C=C/[C@H](O)C#Cc1ccccc1. The van der Waals surface area contributed by atoms with Crippen molar-refractivity contribution >= 4 is 11.9 Å². The minimum absolute atomic E-state index is 0.0238. The van der Waals surface area contributed by atoms with Gasteiger partial charge in [-0.15, -0.1) is 0 Å². The summed E-state index contributed by atoms with van der Waals surface area (Å²) in [7, 11) is 1.40. The van der Waals surface area contributed by atoms with E-state index in [0.717, 1.165) is 37.7 Å². The molecule has 2 rings (SSSR count). The van der Waals surface area contributed by atoms with Crippen LogP contribution in [0.25, 0.3) is 0 Å². The number of methoxy groups -OCH3 is 1. The Labute approximate surface area is 167 Å². The Hall–Kier alpha value is -2.58. The second-order valence-electron chi connectivity index (χ2n) is 6.90. The Morgan fingerprint density at radius 1 is 1.29 bits per heavy atom.